The molecule has 1 unspecified atom stereocenters. The summed E-state index contributed by atoms with van der Waals surface area (Å²) in [6, 6.07) is 6.16. The standard InChI is InChI=1S/C19H24FN3O2/c1-13-18(10-19(25)22-9-3-4-15(11-22)12-24)14(2)23(21-13)17-7-5-16(20)6-8-17/h5-8,15,24H,3-4,9-12H2,1-2H3. The van der Waals surface area contributed by atoms with Crippen molar-refractivity contribution in [2.45, 2.75) is 33.1 Å². The number of halogens is 1. The minimum Gasteiger partial charge on any atom is -0.396 e. The highest BCUT2D eigenvalue weighted by Crippen LogP contribution is 2.21. The molecule has 5 nitrogen and oxygen atoms in total. The number of likely N-dealkylation sites (tertiary alicyclic amines) is 1. The van der Waals surface area contributed by atoms with Gasteiger partial charge in [-0.25, -0.2) is 9.07 Å². The molecule has 0 aliphatic carbocycles. The number of amides is 1. The highest BCUT2D eigenvalue weighted by molar-refractivity contribution is 5.79. The third kappa shape index (κ3) is 3.74. The van der Waals surface area contributed by atoms with E-state index in [1.165, 1.54) is 12.1 Å². The van der Waals surface area contributed by atoms with Crippen molar-refractivity contribution in [3.63, 3.8) is 0 Å². The Hall–Kier alpha value is -2.21. The van der Waals surface area contributed by atoms with E-state index in [0.717, 1.165) is 42.0 Å². The number of aliphatic hydroxyl groups is 1. The van der Waals surface area contributed by atoms with E-state index in [1.54, 1.807) is 16.8 Å². The minimum absolute atomic E-state index is 0.0722. The predicted octanol–water partition coefficient (Wildman–Crippen LogP) is 2.40. The predicted molar refractivity (Wildman–Crippen MR) is 93.1 cm³/mol. The van der Waals surface area contributed by atoms with Gasteiger partial charge in [0.2, 0.25) is 5.91 Å². The number of carbonyl (C=O) groups excluding carboxylic acids is 1. The summed E-state index contributed by atoms with van der Waals surface area (Å²) in [5.41, 5.74) is 3.40. The zero-order chi connectivity index (χ0) is 18.0. The van der Waals surface area contributed by atoms with E-state index < -0.39 is 0 Å². The number of benzene rings is 1. The maximum Gasteiger partial charge on any atom is 0.227 e. The van der Waals surface area contributed by atoms with Crippen molar-refractivity contribution in [3.8, 4) is 5.69 Å². The summed E-state index contributed by atoms with van der Waals surface area (Å²) in [4.78, 5) is 14.5. The molecule has 1 aromatic carbocycles. The number of hydrogen-bond acceptors (Lipinski definition) is 3. The van der Waals surface area contributed by atoms with Crippen molar-refractivity contribution in [3.05, 3.63) is 47.0 Å². The van der Waals surface area contributed by atoms with E-state index in [2.05, 4.69) is 5.10 Å². The summed E-state index contributed by atoms with van der Waals surface area (Å²) in [5.74, 6) is -0.0333. The number of aromatic nitrogens is 2. The maximum absolute atomic E-state index is 13.1. The van der Waals surface area contributed by atoms with Gasteiger partial charge in [-0.2, -0.15) is 5.10 Å². The molecular weight excluding hydrogens is 321 g/mol. The summed E-state index contributed by atoms with van der Waals surface area (Å²) in [7, 11) is 0. The Balaban J connectivity index is 1.79. The zero-order valence-corrected chi connectivity index (χ0v) is 14.7. The second-order valence-corrected chi connectivity index (χ2v) is 6.74. The summed E-state index contributed by atoms with van der Waals surface area (Å²) in [6.07, 6.45) is 2.21. The van der Waals surface area contributed by atoms with Crippen molar-refractivity contribution in [2.75, 3.05) is 19.7 Å². The molecule has 1 N–H and O–H groups in total. The van der Waals surface area contributed by atoms with Crippen LogP contribution in [0, 0.1) is 25.6 Å². The van der Waals surface area contributed by atoms with Gasteiger partial charge >= 0.3 is 0 Å². The molecular formula is C19H24FN3O2. The van der Waals surface area contributed by atoms with Crippen molar-refractivity contribution in [1.82, 2.24) is 14.7 Å². The maximum atomic E-state index is 13.1. The molecule has 2 aromatic rings. The van der Waals surface area contributed by atoms with Crippen LogP contribution < -0.4 is 0 Å². The zero-order valence-electron chi connectivity index (χ0n) is 14.7. The van der Waals surface area contributed by atoms with Gasteiger partial charge in [-0.3, -0.25) is 4.79 Å². The van der Waals surface area contributed by atoms with Crippen molar-refractivity contribution in [1.29, 1.82) is 0 Å². The molecule has 1 fully saturated rings. The average Bonchev–Trinajstić information content (AvgIpc) is 2.90. The number of nitrogens with zero attached hydrogens (tertiary/aromatic N) is 3. The molecule has 0 bridgehead atoms. The molecule has 3 rings (SSSR count). The first-order valence-electron chi connectivity index (χ1n) is 8.69. The van der Waals surface area contributed by atoms with Gasteiger partial charge in [-0.05, 0) is 56.9 Å². The van der Waals surface area contributed by atoms with E-state index in [9.17, 15) is 14.3 Å². The van der Waals surface area contributed by atoms with Gasteiger partial charge in [0.25, 0.3) is 0 Å². The third-order valence-electron chi connectivity index (χ3n) is 4.97. The Morgan fingerprint density at radius 3 is 2.72 bits per heavy atom. The molecule has 2 heterocycles. The van der Waals surface area contributed by atoms with Gasteiger partial charge in [0, 0.05) is 31.0 Å². The molecule has 0 radical (unpaired) electrons. The van der Waals surface area contributed by atoms with Crippen LogP contribution in [0.1, 0.15) is 29.8 Å². The fourth-order valence-corrected chi connectivity index (χ4v) is 3.47. The first-order chi connectivity index (χ1) is 12.0. The Morgan fingerprint density at radius 2 is 2.04 bits per heavy atom. The van der Waals surface area contributed by atoms with Crippen LogP contribution in [0.2, 0.25) is 0 Å². The molecule has 1 saturated heterocycles. The number of aryl methyl sites for hydroxylation is 1. The average molecular weight is 345 g/mol. The largest absolute Gasteiger partial charge is 0.396 e. The molecule has 25 heavy (non-hydrogen) atoms. The summed E-state index contributed by atoms with van der Waals surface area (Å²) >= 11 is 0. The molecule has 6 heteroatoms. The van der Waals surface area contributed by atoms with Gasteiger partial charge in [-0.15, -0.1) is 0 Å². The summed E-state index contributed by atoms with van der Waals surface area (Å²) < 4.78 is 14.9. The molecule has 1 amide bonds. The quantitative estimate of drug-likeness (QED) is 0.926. The van der Waals surface area contributed by atoms with Gasteiger partial charge in [-0.1, -0.05) is 0 Å². The van der Waals surface area contributed by atoms with Crippen LogP contribution in [-0.2, 0) is 11.2 Å². The van der Waals surface area contributed by atoms with Crippen molar-refractivity contribution in [2.24, 2.45) is 5.92 Å². The van der Waals surface area contributed by atoms with Crippen LogP contribution in [0.5, 0.6) is 0 Å². The number of aliphatic hydroxyl groups excluding tert-OH is 1. The summed E-state index contributed by atoms with van der Waals surface area (Å²) in [6.45, 7) is 5.32. The highest BCUT2D eigenvalue weighted by Gasteiger charge is 2.25. The lowest BCUT2D eigenvalue weighted by atomic mass is 9.98. The molecule has 1 aliphatic rings. The molecule has 1 aromatic heterocycles. The van der Waals surface area contributed by atoms with Crippen LogP contribution in [0.15, 0.2) is 24.3 Å². The lowest BCUT2D eigenvalue weighted by molar-refractivity contribution is -0.132. The van der Waals surface area contributed by atoms with Crippen LogP contribution in [0.4, 0.5) is 4.39 Å². The Kier molecular flexibility index (Phi) is 5.18. The molecule has 1 atom stereocenters. The Bertz CT molecular complexity index is 755. The van der Waals surface area contributed by atoms with Gasteiger partial charge in [0.1, 0.15) is 5.82 Å². The first-order valence-corrected chi connectivity index (χ1v) is 8.69. The van der Waals surface area contributed by atoms with Crippen LogP contribution in [-0.4, -0.2) is 45.4 Å². The molecule has 134 valence electrons. The minimum atomic E-state index is -0.288. The fraction of sp³-hybridized carbons (Fsp3) is 0.474. The number of piperidine rings is 1. The smallest absolute Gasteiger partial charge is 0.227 e. The normalized spacial score (nSPS) is 17.8. The second-order valence-electron chi connectivity index (χ2n) is 6.74. The van der Waals surface area contributed by atoms with E-state index in [1.807, 2.05) is 18.7 Å². The van der Waals surface area contributed by atoms with Crippen molar-refractivity contribution >= 4 is 5.91 Å². The third-order valence-corrected chi connectivity index (χ3v) is 4.97. The lowest BCUT2D eigenvalue weighted by Gasteiger charge is -2.32. The summed E-state index contributed by atoms with van der Waals surface area (Å²) in [5, 5.41) is 13.9. The lowest BCUT2D eigenvalue weighted by Crippen LogP contribution is -2.41. The molecule has 1 aliphatic heterocycles. The van der Waals surface area contributed by atoms with Crippen LogP contribution in [0.25, 0.3) is 5.69 Å². The van der Waals surface area contributed by atoms with Gasteiger partial charge in [0.05, 0.1) is 17.8 Å². The second kappa shape index (κ2) is 7.35. The first kappa shape index (κ1) is 17.6. The number of rotatable bonds is 4. The van der Waals surface area contributed by atoms with Crippen molar-refractivity contribution < 1.29 is 14.3 Å². The molecule has 0 saturated carbocycles. The van der Waals surface area contributed by atoms with Crippen LogP contribution in [0.3, 0.4) is 0 Å². The van der Waals surface area contributed by atoms with Gasteiger partial charge < -0.3 is 10.0 Å². The van der Waals surface area contributed by atoms with E-state index in [-0.39, 0.29) is 24.2 Å². The topological polar surface area (TPSA) is 58.4 Å². The fourth-order valence-electron chi connectivity index (χ4n) is 3.47. The SMILES string of the molecule is Cc1nn(-c2ccc(F)cc2)c(C)c1CC(=O)N1CCCC(CO)C1. The number of hydrogen-bond donors (Lipinski definition) is 1. The Labute approximate surface area is 147 Å². The van der Waals surface area contributed by atoms with Gasteiger partial charge in [0.15, 0.2) is 0 Å². The van der Waals surface area contributed by atoms with E-state index in [4.69, 9.17) is 0 Å². The van der Waals surface area contributed by atoms with E-state index in [0.29, 0.717) is 13.0 Å². The highest BCUT2D eigenvalue weighted by atomic mass is 19.1. The monoisotopic (exact) mass is 345 g/mol. The van der Waals surface area contributed by atoms with Crippen LogP contribution >= 0.6 is 0 Å². The van der Waals surface area contributed by atoms with E-state index >= 15 is 0 Å². The Morgan fingerprint density at radius 1 is 1.32 bits per heavy atom. The number of carbonyl (C=O) groups is 1. The molecule has 0 spiro atoms.